The molecule has 0 aliphatic carbocycles. The summed E-state index contributed by atoms with van der Waals surface area (Å²) >= 11 is 0. The summed E-state index contributed by atoms with van der Waals surface area (Å²) in [5, 5.41) is 10.9. The second-order valence-electron chi connectivity index (χ2n) is 9.14. The Kier molecular flexibility index (Phi) is 3.82. The van der Waals surface area contributed by atoms with Crippen LogP contribution in [-0.2, 0) is 23.8 Å². The molecular formula is C21H30N2O. The van der Waals surface area contributed by atoms with Gasteiger partial charge in [0.25, 0.3) is 0 Å². The molecule has 3 heteroatoms. The number of fused-ring (bicyclic) bond motifs is 1. The van der Waals surface area contributed by atoms with E-state index in [4.69, 9.17) is 4.98 Å². The molecule has 0 atom stereocenters. The number of aromatic hydroxyl groups is 1. The van der Waals surface area contributed by atoms with Gasteiger partial charge in [-0.15, -0.1) is 0 Å². The Morgan fingerprint density at radius 1 is 1.00 bits per heavy atom. The van der Waals surface area contributed by atoms with E-state index < -0.39 is 0 Å². The predicted octanol–water partition coefficient (Wildman–Crippen LogP) is 5.11. The number of imidazole rings is 1. The number of aromatic nitrogens is 2. The van der Waals surface area contributed by atoms with Crippen molar-refractivity contribution in [2.75, 3.05) is 0 Å². The molecule has 2 aromatic rings. The first kappa shape index (κ1) is 17.1. The number of nitrogens with zero attached hydrogens (tertiary/aromatic N) is 2. The zero-order chi connectivity index (χ0) is 17.9. The van der Waals surface area contributed by atoms with Crippen molar-refractivity contribution in [3.8, 4) is 17.1 Å². The normalized spacial score (nSPS) is 15.0. The summed E-state index contributed by atoms with van der Waals surface area (Å²) in [5.74, 6) is 1.49. The molecule has 0 fully saturated rings. The largest absolute Gasteiger partial charge is 0.507 e. The van der Waals surface area contributed by atoms with E-state index in [9.17, 15) is 5.11 Å². The van der Waals surface area contributed by atoms with Crippen molar-refractivity contribution in [2.24, 2.45) is 0 Å². The lowest BCUT2D eigenvalue weighted by Crippen LogP contribution is -2.17. The van der Waals surface area contributed by atoms with Crippen LogP contribution < -0.4 is 0 Å². The standard InChI is InChI=1S/C21H30N2O/c1-13-17-9-8-10-23(17)19(22-13)14-11-15(20(2,3)4)18(24)16(12-14)21(5,6)7/h11-12,24H,8-10H2,1-7H3. The molecule has 0 spiro atoms. The summed E-state index contributed by atoms with van der Waals surface area (Å²) in [6.45, 7) is 16.1. The van der Waals surface area contributed by atoms with Crippen LogP contribution in [0.15, 0.2) is 12.1 Å². The van der Waals surface area contributed by atoms with Crippen molar-refractivity contribution in [1.82, 2.24) is 9.55 Å². The summed E-state index contributed by atoms with van der Waals surface area (Å²) in [4.78, 5) is 4.86. The number of rotatable bonds is 1. The minimum atomic E-state index is -0.116. The van der Waals surface area contributed by atoms with E-state index in [1.54, 1.807) is 0 Å². The fourth-order valence-electron chi connectivity index (χ4n) is 3.70. The van der Waals surface area contributed by atoms with Crippen molar-refractivity contribution in [1.29, 1.82) is 0 Å². The summed E-state index contributed by atoms with van der Waals surface area (Å²) in [6, 6.07) is 4.27. The molecule has 0 amide bonds. The number of hydrogen-bond acceptors (Lipinski definition) is 2. The second-order valence-corrected chi connectivity index (χ2v) is 9.14. The van der Waals surface area contributed by atoms with Gasteiger partial charge < -0.3 is 9.67 Å². The highest BCUT2D eigenvalue weighted by Gasteiger charge is 2.28. The van der Waals surface area contributed by atoms with Gasteiger partial charge in [0, 0.05) is 28.9 Å². The van der Waals surface area contributed by atoms with Crippen LogP contribution in [0.4, 0.5) is 0 Å². The first-order chi connectivity index (χ1) is 11.0. The number of benzene rings is 1. The minimum absolute atomic E-state index is 0.116. The van der Waals surface area contributed by atoms with Crippen LogP contribution in [0.25, 0.3) is 11.4 Å². The Morgan fingerprint density at radius 3 is 2.04 bits per heavy atom. The molecule has 3 nitrogen and oxygen atoms in total. The zero-order valence-corrected chi connectivity index (χ0v) is 16.1. The lowest BCUT2D eigenvalue weighted by atomic mass is 9.78. The van der Waals surface area contributed by atoms with Crippen molar-refractivity contribution in [2.45, 2.75) is 78.7 Å². The summed E-state index contributed by atoms with van der Waals surface area (Å²) in [6.07, 6.45) is 2.32. The van der Waals surface area contributed by atoms with Gasteiger partial charge in [0.05, 0.1) is 5.69 Å². The van der Waals surface area contributed by atoms with Crippen LogP contribution in [0.3, 0.4) is 0 Å². The number of aryl methyl sites for hydroxylation is 1. The van der Waals surface area contributed by atoms with E-state index in [0.717, 1.165) is 41.2 Å². The fourth-order valence-corrected chi connectivity index (χ4v) is 3.70. The van der Waals surface area contributed by atoms with Crippen LogP contribution in [0.1, 0.15) is 70.5 Å². The van der Waals surface area contributed by atoms with Gasteiger partial charge in [0.1, 0.15) is 11.6 Å². The topological polar surface area (TPSA) is 38.1 Å². The minimum Gasteiger partial charge on any atom is -0.507 e. The van der Waals surface area contributed by atoms with E-state index in [2.05, 4.69) is 65.2 Å². The van der Waals surface area contributed by atoms with Gasteiger partial charge in [-0.05, 0) is 42.7 Å². The van der Waals surface area contributed by atoms with Crippen LogP contribution in [0, 0.1) is 6.92 Å². The molecule has 1 aliphatic rings. The molecule has 1 N–H and O–H groups in total. The third-order valence-corrected chi connectivity index (χ3v) is 5.05. The molecule has 0 saturated carbocycles. The van der Waals surface area contributed by atoms with E-state index in [0.29, 0.717) is 5.75 Å². The number of phenolic OH excluding ortho intramolecular Hbond substituents is 1. The van der Waals surface area contributed by atoms with E-state index in [-0.39, 0.29) is 10.8 Å². The molecule has 0 unspecified atom stereocenters. The fraction of sp³-hybridized carbons (Fsp3) is 0.571. The maximum Gasteiger partial charge on any atom is 0.140 e. The number of phenols is 1. The van der Waals surface area contributed by atoms with Gasteiger partial charge in [-0.2, -0.15) is 0 Å². The van der Waals surface area contributed by atoms with Gasteiger partial charge >= 0.3 is 0 Å². The van der Waals surface area contributed by atoms with Crippen LogP contribution in [0.2, 0.25) is 0 Å². The first-order valence-corrected chi connectivity index (χ1v) is 8.94. The van der Waals surface area contributed by atoms with Crippen LogP contribution in [-0.4, -0.2) is 14.7 Å². The maximum atomic E-state index is 10.9. The Bertz CT molecular complexity index is 750. The van der Waals surface area contributed by atoms with Gasteiger partial charge in [0.15, 0.2) is 0 Å². The predicted molar refractivity (Wildman–Crippen MR) is 99.8 cm³/mol. The highest BCUT2D eigenvalue weighted by atomic mass is 16.3. The average Bonchev–Trinajstić information content (AvgIpc) is 3.01. The van der Waals surface area contributed by atoms with Gasteiger partial charge in [0.2, 0.25) is 0 Å². The van der Waals surface area contributed by atoms with E-state index >= 15 is 0 Å². The molecule has 1 aliphatic heterocycles. The van der Waals surface area contributed by atoms with Crippen molar-refractivity contribution in [3.63, 3.8) is 0 Å². The molecule has 3 rings (SSSR count). The summed E-state index contributed by atoms with van der Waals surface area (Å²) in [5.41, 5.74) is 5.40. The molecule has 0 bridgehead atoms. The maximum absolute atomic E-state index is 10.9. The van der Waals surface area contributed by atoms with Crippen LogP contribution in [0.5, 0.6) is 5.75 Å². The molecule has 1 aromatic carbocycles. The van der Waals surface area contributed by atoms with E-state index in [1.165, 1.54) is 12.1 Å². The monoisotopic (exact) mass is 326 g/mol. The van der Waals surface area contributed by atoms with E-state index in [1.807, 2.05) is 0 Å². The molecule has 0 saturated heterocycles. The lowest BCUT2D eigenvalue weighted by molar-refractivity contribution is 0.423. The SMILES string of the molecule is Cc1nc(-c2cc(C(C)(C)C)c(O)c(C(C)(C)C)c2)n2c1CCC2. The highest BCUT2D eigenvalue weighted by molar-refractivity contribution is 5.65. The molecular weight excluding hydrogens is 296 g/mol. The molecule has 2 heterocycles. The first-order valence-electron chi connectivity index (χ1n) is 8.94. The Hall–Kier alpha value is -1.77. The van der Waals surface area contributed by atoms with Crippen LogP contribution >= 0.6 is 0 Å². The lowest BCUT2D eigenvalue weighted by Gasteiger charge is -2.28. The molecule has 1 aromatic heterocycles. The molecule has 24 heavy (non-hydrogen) atoms. The quantitative estimate of drug-likeness (QED) is 0.791. The summed E-state index contributed by atoms with van der Waals surface area (Å²) < 4.78 is 2.36. The summed E-state index contributed by atoms with van der Waals surface area (Å²) in [7, 11) is 0. The van der Waals surface area contributed by atoms with Gasteiger partial charge in [-0.3, -0.25) is 0 Å². The van der Waals surface area contributed by atoms with Crippen molar-refractivity contribution >= 4 is 0 Å². The highest BCUT2D eigenvalue weighted by Crippen LogP contribution is 2.42. The Balaban J connectivity index is 2.28. The Labute approximate surface area is 145 Å². The van der Waals surface area contributed by atoms with Gasteiger partial charge in [-0.25, -0.2) is 4.98 Å². The molecule has 130 valence electrons. The number of hydrogen-bond donors (Lipinski definition) is 1. The third-order valence-electron chi connectivity index (χ3n) is 5.05. The average molecular weight is 326 g/mol. The molecule has 0 radical (unpaired) electrons. The smallest absolute Gasteiger partial charge is 0.140 e. The second kappa shape index (κ2) is 5.37. The van der Waals surface area contributed by atoms with Gasteiger partial charge in [-0.1, -0.05) is 41.5 Å². The zero-order valence-electron chi connectivity index (χ0n) is 16.1. The third kappa shape index (κ3) is 2.74. The van der Waals surface area contributed by atoms with Crippen molar-refractivity contribution in [3.05, 3.63) is 34.6 Å². The Morgan fingerprint density at radius 2 is 1.54 bits per heavy atom. The van der Waals surface area contributed by atoms with Crippen molar-refractivity contribution < 1.29 is 5.11 Å².